The van der Waals surface area contributed by atoms with Crippen LogP contribution in [0.2, 0.25) is 0 Å². The van der Waals surface area contributed by atoms with E-state index in [1.54, 1.807) is 17.0 Å². The van der Waals surface area contributed by atoms with Crippen LogP contribution in [0.25, 0.3) is 0 Å². The van der Waals surface area contributed by atoms with Crippen LogP contribution in [0.3, 0.4) is 0 Å². The molecular weight excluding hydrogens is 486 g/mol. The quantitative estimate of drug-likeness (QED) is 0.209. The van der Waals surface area contributed by atoms with Crippen molar-refractivity contribution >= 4 is 23.7 Å². The van der Waals surface area contributed by atoms with E-state index in [-0.39, 0.29) is 17.8 Å². The molecule has 0 saturated carbocycles. The van der Waals surface area contributed by atoms with E-state index in [2.05, 4.69) is 9.80 Å². The van der Waals surface area contributed by atoms with Crippen molar-refractivity contribution in [3.05, 3.63) is 46.5 Å². The van der Waals surface area contributed by atoms with Crippen molar-refractivity contribution in [2.24, 2.45) is 0 Å². The first-order valence-electron chi connectivity index (χ1n) is 11.6. The van der Waals surface area contributed by atoms with Gasteiger partial charge in [0.2, 0.25) is 0 Å². The zero-order valence-corrected chi connectivity index (χ0v) is 22.4. The topological polar surface area (TPSA) is 157 Å². The molecule has 208 valence electrons. The van der Waals surface area contributed by atoms with Gasteiger partial charge in [0.1, 0.15) is 12.4 Å². The Labute approximate surface area is 217 Å². The molecule has 0 aliphatic heterocycles. The van der Waals surface area contributed by atoms with Crippen LogP contribution in [0, 0.1) is 10.1 Å². The molecule has 0 radical (unpaired) electrons. The molecule has 0 saturated heterocycles. The van der Waals surface area contributed by atoms with Crippen LogP contribution in [-0.4, -0.2) is 126 Å². The summed E-state index contributed by atoms with van der Waals surface area (Å²) in [6, 6.07) is 5.98. The average Bonchev–Trinajstić information content (AvgIpc) is 2.80. The molecule has 37 heavy (non-hydrogen) atoms. The Hall–Kier alpha value is -3.71. The summed E-state index contributed by atoms with van der Waals surface area (Å²) in [6.45, 7) is 7.64. The van der Waals surface area contributed by atoms with E-state index in [1.807, 2.05) is 46.9 Å². The summed E-state index contributed by atoms with van der Waals surface area (Å²) in [5.74, 6) is -1.97. The van der Waals surface area contributed by atoms with Crippen molar-refractivity contribution in [1.82, 2.24) is 19.6 Å². The first kappa shape index (κ1) is 33.3. The number of nitro benzene ring substituents is 1. The minimum absolute atomic E-state index is 0.00370. The van der Waals surface area contributed by atoms with Gasteiger partial charge >= 0.3 is 18.0 Å². The van der Waals surface area contributed by atoms with Gasteiger partial charge in [0.15, 0.2) is 0 Å². The molecule has 0 aliphatic rings. The summed E-state index contributed by atoms with van der Waals surface area (Å²) >= 11 is 0. The molecule has 0 fully saturated rings. The van der Waals surface area contributed by atoms with E-state index in [9.17, 15) is 24.5 Å². The second-order valence-corrected chi connectivity index (χ2v) is 8.77. The van der Waals surface area contributed by atoms with E-state index in [1.165, 1.54) is 12.1 Å². The lowest BCUT2D eigenvalue weighted by molar-refractivity contribution is -0.384. The largest absolute Gasteiger partial charge is 0.492 e. The maximum Gasteiger partial charge on any atom is 0.328 e. The normalized spacial score (nSPS) is 10.8. The molecule has 13 nitrogen and oxygen atoms in total. The molecule has 0 aromatic heterocycles. The van der Waals surface area contributed by atoms with E-state index in [4.69, 9.17) is 14.9 Å². The molecule has 2 amide bonds. The Morgan fingerprint density at radius 3 is 1.70 bits per heavy atom. The van der Waals surface area contributed by atoms with Gasteiger partial charge in [0.05, 0.1) is 11.5 Å². The molecule has 0 aliphatic carbocycles. The lowest BCUT2D eigenvalue weighted by atomic mass is 10.3. The van der Waals surface area contributed by atoms with Crippen molar-refractivity contribution < 1.29 is 34.3 Å². The van der Waals surface area contributed by atoms with Crippen LogP contribution in [0.15, 0.2) is 36.4 Å². The molecule has 0 bridgehead atoms. The lowest BCUT2D eigenvalue weighted by Gasteiger charge is -2.34. The number of nitro groups is 1. The van der Waals surface area contributed by atoms with Crippen LogP contribution in [-0.2, 0) is 9.59 Å². The fourth-order valence-corrected chi connectivity index (χ4v) is 2.77. The van der Waals surface area contributed by atoms with Crippen molar-refractivity contribution in [3.63, 3.8) is 0 Å². The second-order valence-electron chi connectivity index (χ2n) is 8.77. The lowest BCUT2D eigenvalue weighted by Crippen LogP contribution is -2.51. The number of carbonyl (C=O) groups is 3. The summed E-state index contributed by atoms with van der Waals surface area (Å²) < 4.78 is 5.70. The van der Waals surface area contributed by atoms with Gasteiger partial charge in [-0.1, -0.05) is 0 Å². The highest BCUT2D eigenvalue weighted by molar-refractivity contribution is 5.89. The summed E-state index contributed by atoms with van der Waals surface area (Å²) in [5.41, 5.74) is 0.0220. The third-order valence-electron chi connectivity index (χ3n) is 4.79. The fourth-order valence-electron chi connectivity index (χ4n) is 2.77. The first-order valence-corrected chi connectivity index (χ1v) is 11.6. The molecule has 1 aromatic rings. The SMILES string of the molecule is CC(C)N(CCOc1ccc([N+](=O)[O-])cc1)C(=O)N(CCN(C)C)CCN(C)C.O=C(O)C=CC(=O)O. The molecule has 13 heteroatoms. The van der Waals surface area contributed by atoms with Gasteiger partial charge in [-0.2, -0.15) is 0 Å². The fraction of sp³-hybridized carbons (Fsp3) is 0.542. The standard InChI is InChI=1S/C20H35N5O4.C4H4O4/c1-17(2)24(15-16-29-19-9-7-18(8-10-19)25(27)28)20(26)23(13-11-21(3)4)14-12-22(5)6;5-3(6)1-2-4(7)8/h7-10,17H,11-16H2,1-6H3;1-2H,(H,5,6)(H,7,8). The van der Waals surface area contributed by atoms with Gasteiger partial charge in [0, 0.05) is 56.5 Å². The van der Waals surface area contributed by atoms with Crippen molar-refractivity contribution in [1.29, 1.82) is 0 Å². The van der Waals surface area contributed by atoms with Crippen LogP contribution in [0.1, 0.15) is 13.8 Å². The predicted octanol–water partition coefficient (Wildman–Crippen LogP) is 1.94. The van der Waals surface area contributed by atoms with Gasteiger partial charge < -0.3 is 34.5 Å². The zero-order valence-electron chi connectivity index (χ0n) is 22.4. The number of carboxylic acid groups (broad SMARTS) is 2. The Kier molecular flexibility index (Phi) is 15.9. The minimum atomic E-state index is -1.26. The Morgan fingerprint density at radius 2 is 1.35 bits per heavy atom. The van der Waals surface area contributed by atoms with Gasteiger partial charge in [-0.25, -0.2) is 14.4 Å². The zero-order chi connectivity index (χ0) is 28.5. The number of benzene rings is 1. The molecule has 1 aromatic carbocycles. The van der Waals surface area contributed by atoms with Gasteiger partial charge in [-0.15, -0.1) is 0 Å². The average molecular weight is 526 g/mol. The number of nitrogens with zero attached hydrogens (tertiary/aromatic N) is 5. The summed E-state index contributed by atoms with van der Waals surface area (Å²) in [7, 11) is 7.97. The maximum absolute atomic E-state index is 13.2. The molecule has 0 unspecified atom stereocenters. The van der Waals surface area contributed by atoms with Crippen LogP contribution >= 0.6 is 0 Å². The number of carboxylic acids is 2. The van der Waals surface area contributed by atoms with Gasteiger partial charge in [-0.05, 0) is 54.2 Å². The third-order valence-corrected chi connectivity index (χ3v) is 4.79. The smallest absolute Gasteiger partial charge is 0.328 e. The number of hydrogen-bond acceptors (Lipinski definition) is 8. The number of ether oxygens (including phenoxy) is 1. The summed E-state index contributed by atoms with van der Waals surface area (Å²) in [6.07, 6.45) is 1.12. The van der Waals surface area contributed by atoms with E-state index in [0.29, 0.717) is 44.1 Å². The number of non-ortho nitro benzene ring substituents is 1. The Bertz CT molecular complexity index is 860. The summed E-state index contributed by atoms with van der Waals surface area (Å²) in [5, 5.41) is 26.4. The molecule has 2 N–H and O–H groups in total. The number of carbonyl (C=O) groups excluding carboxylic acids is 1. The van der Waals surface area contributed by atoms with Crippen molar-refractivity contribution in [2.45, 2.75) is 19.9 Å². The Balaban J connectivity index is 0.00000139. The number of rotatable bonds is 14. The summed E-state index contributed by atoms with van der Waals surface area (Å²) in [4.78, 5) is 50.4. The van der Waals surface area contributed by atoms with Crippen molar-refractivity contribution in [3.8, 4) is 5.75 Å². The highest BCUT2D eigenvalue weighted by Crippen LogP contribution is 2.17. The maximum atomic E-state index is 13.2. The van der Waals surface area contributed by atoms with E-state index in [0.717, 1.165) is 13.1 Å². The third kappa shape index (κ3) is 15.8. The number of aliphatic carboxylic acids is 2. The molecule has 0 spiro atoms. The van der Waals surface area contributed by atoms with Gasteiger partial charge in [0.25, 0.3) is 5.69 Å². The number of likely N-dealkylation sites (N-methyl/N-ethyl adjacent to an activating group) is 2. The number of hydrogen-bond donors (Lipinski definition) is 2. The Morgan fingerprint density at radius 1 is 0.892 bits per heavy atom. The van der Waals surface area contributed by atoms with Gasteiger partial charge in [-0.3, -0.25) is 10.1 Å². The van der Waals surface area contributed by atoms with Crippen molar-refractivity contribution in [2.75, 3.05) is 67.5 Å². The number of urea groups is 1. The molecule has 0 atom stereocenters. The van der Waals surface area contributed by atoms with E-state index >= 15 is 0 Å². The first-order chi connectivity index (χ1) is 17.2. The highest BCUT2D eigenvalue weighted by Gasteiger charge is 2.23. The molecular formula is C24H39N5O8. The number of amides is 2. The van der Waals surface area contributed by atoms with Crippen LogP contribution in [0.5, 0.6) is 5.75 Å². The minimum Gasteiger partial charge on any atom is -0.492 e. The monoisotopic (exact) mass is 525 g/mol. The second kappa shape index (κ2) is 17.7. The van der Waals surface area contributed by atoms with E-state index < -0.39 is 16.9 Å². The predicted molar refractivity (Wildman–Crippen MR) is 139 cm³/mol. The van der Waals surface area contributed by atoms with Crippen LogP contribution < -0.4 is 4.74 Å². The van der Waals surface area contributed by atoms with Crippen LogP contribution in [0.4, 0.5) is 10.5 Å². The molecule has 1 rings (SSSR count). The molecule has 0 heterocycles. The highest BCUT2D eigenvalue weighted by atomic mass is 16.6.